The maximum absolute atomic E-state index is 11.0. The van der Waals surface area contributed by atoms with E-state index in [0.29, 0.717) is 12.3 Å². The highest BCUT2D eigenvalue weighted by atomic mass is 79.9. The monoisotopic (exact) mass is 292 g/mol. The third-order valence-corrected chi connectivity index (χ3v) is 3.43. The number of carboxylic acids is 1. The molecular weight excluding hydrogens is 280 g/mol. The molecular formula is C9H13BrN2O2S. The Balaban J connectivity index is 2.67. The highest BCUT2D eigenvalue weighted by Crippen LogP contribution is 2.27. The number of carboxylic acid groups (broad SMARTS) is 1. The Morgan fingerprint density at radius 3 is 2.80 bits per heavy atom. The molecule has 0 saturated heterocycles. The highest BCUT2D eigenvalue weighted by molar-refractivity contribution is 9.10. The van der Waals surface area contributed by atoms with Crippen LogP contribution in [0.15, 0.2) is 10.7 Å². The summed E-state index contributed by atoms with van der Waals surface area (Å²) in [6.45, 7) is 4.00. The van der Waals surface area contributed by atoms with E-state index in [1.165, 1.54) is 11.5 Å². The summed E-state index contributed by atoms with van der Waals surface area (Å²) in [5.41, 5.74) is 0. The molecule has 15 heavy (non-hydrogen) atoms. The lowest BCUT2D eigenvalue weighted by molar-refractivity contribution is -0.138. The van der Waals surface area contributed by atoms with E-state index in [0.717, 1.165) is 9.47 Å². The number of aromatic nitrogens is 1. The largest absolute Gasteiger partial charge is 0.480 e. The zero-order valence-corrected chi connectivity index (χ0v) is 10.9. The Hall–Kier alpha value is -0.620. The van der Waals surface area contributed by atoms with Gasteiger partial charge >= 0.3 is 5.97 Å². The topological polar surface area (TPSA) is 62.2 Å². The molecule has 4 nitrogen and oxygen atoms in total. The summed E-state index contributed by atoms with van der Waals surface area (Å²) in [5.74, 6) is -0.491. The number of aliphatic carboxylic acids is 1. The maximum atomic E-state index is 11.0. The van der Waals surface area contributed by atoms with E-state index < -0.39 is 12.0 Å². The lowest BCUT2D eigenvalue weighted by atomic mass is 10.0. The van der Waals surface area contributed by atoms with Gasteiger partial charge in [-0.1, -0.05) is 13.8 Å². The van der Waals surface area contributed by atoms with Crippen LogP contribution in [0.5, 0.6) is 0 Å². The molecule has 0 aliphatic carbocycles. The second-order valence-corrected chi connectivity index (χ2v) is 5.32. The molecule has 1 atom stereocenters. The summed E-state index contributed by atoms with van der Waals surface area (Å²) >= 11 is 4.55. The number of nitrogens with one attached hydrogen (secondary N) is 1. The Kier molecular flexibility index (Phi) is 4.53. The van der Waals surface area contributed by atoms with Crippen molar-refractivity contribution in [2.75, 3.05) is 5.32 Å². The van der Waals surface area contributed by atoms with E-state index >= 15 is 0 Å². The van der Waals surface area contributed by atoms with Crippen LogP contribution in [0.2, 0.25) is 0 Å². The second-order valence-electron chi connectivity index (χ2n) is 3.67. The Morgan fingerprint density at radius 1 is 1.73 bits per heavy atom. The molecule has 0 bridgehead atoms. The molecule has 1 aromatic heterocycles. The molecule has 84 valence electrons. The number of halogens is 1. The second kappa shape index (κ2) is 5.46. The molecule has 0 saturated carbocycles. The van der Waals surface area contributed by atoms with Crippen LogP contribution in [0.25, 0.3) is 0 Å². The van der Waals surface area contributed by atoms with Crippen LogP contribution in [-0.4, -0.2) is 21.5 Å². The van der Waals surface area contributed by atoms with Gasteiger partial charge in [-0.15, -0.1) is 0 Å². The summed E-state index contributed by atoms with van der Waals surface area (Å²) in [7, 11) is 0. The smallest absolute Gasteiger partial charge is 0.326 e. The van der Waals surface area contributed by atoms with Crippen molar-refractivity contribution >= 4 is 38.4 Å². The quantitative estimate of drug-likeness (QED) is 0.876. The predicted molar refractivity (Wildman–Crippen MR) is 64.3 cm³/mol. The summed E-state index contributed by atoms with van der Waals surface area (Å²) in [6, 6.07) is -0.554. The first-order valence-corrected chi connectivity index (χ1v) is 6.17. The molecule has 0 aliphatic rings. The van der Waals surface area contributed by atoms with E-state index in [-0.39, 0.29) is 0 Å². The van der Waals surface area contributed by atoms with E-state index in [1.54, 1.807) is 6.20 Å². The first-order valence-electron chi connectivity index (χ1n) is 4.60. The van der Waals surface area contributed by atoms with Crippen molar-refractivity contribution in [2.24, 2.45) is 5.92 Å². The molecule has 1 aromatic rings. The zero-order chi connectivity index (χ0) is 11.4. The first-order chi connectivity index (χ1) is 7.00. The molecule has 6 heteroatoms. The fraction of sp³-hybridized carbons (Fsp3) is 0.556. The fourth-order valence-electron chi connectivity index (χ4n) is 1.17. The third-order valence-electron chi connectivity index (χ3n) is 1.84. The minimum atomic E-state index is -0.830. The van der Waals surface area contributed by atoms with Gasteiger partial charge in [0.05, 0.1) is 10.7 Å². The number of hydrogen-bond acceptors (Lipinski definition) is 4. The summed E-state index contributed by atoms with van der Waals surface area (Å²) in [4.78, 5) is 11.0. The van der Waals surface area contributed by atoms with Crippen molar-refractivity contribution in [3.63, 3.8) is 0 Å². The van der Waals surface area contributed by atoms with E-state index in [4.69, 9.17) is 5.11 Å². The van der Waals surface area contributed by atoms with Crippen molar-refractivity contribution in [3.8, 4) is 0 Å². The summed E-state index contributed by atoms with van der Waals surface area (Å²) < 4.78 is 4.76. The average molecular weight is 293 g/mol. The van der Waals surface area contributed by atoms with Gasteiger partial charge in [-0.3, -0.25) is 0 Å². The number of carbonyl (C=O) groups is 1. The molecule has 0 radical (unpaired) electrons. The van der Waals surface area contributed by atoms with Gasteiger partial charge in [0, 0.05) is 0 Å². The van der Waals surface area contributed by atoms with Crippen LogP contribution >= 0.6 is 27.5 Å². The lowest BCUT2D eigenvalue weighted by Gasteiger charge is -2.16. The lowest BCUT2D eigenvalue weighted by Crippen LogP contribution is -2.30. The van der Waals surface area contributed by atoms with Crippen molar-refractivity contribution in [2.45, 2.75) is 26.3 Å². The van der Waals surface area contributed by atoms with Gasteiger partial charge in [0.15, 0.2) is 0 Å². The van der Waals surface area contributed by atoms with E-state index in [1.807, 2.05) is 13.8 Å². The van der Waals surface area contributed by atoms with Gasteiger partial charge < -0.3 is 10.4 Å². The normalized spacial score (nSPS) is 12.8. The summed E-state index contributed by atoms with van der Waals surface area (Å²) in [5, 5.41) is 12.8. The number of hydrogen-bond donors (Lipinski definition) is 2. The molecule has 0 fully saturated rings. The van der Waals surface area contributed by atoms with Crippen LogP contribution in [0.1, 0.15) is 20.3 Å². The Morgan fingerprint density at radius 2 is 2.40 bits per heavy atom. The third kappa shape index (κ3) is 3.79. The van der Waals surface area contributed by atoms with Gasteiger partial charge in [0.1, 0.15) is 11.0 Å². The number of anilines is 1. The predicted octanol–water partition coefficient (Wildman–Crippen LogP) is 2.82. The zero-order valence-electron chi connectivity index (χ0n) is 8.53. The minimum Gasteiger partial charge on any atom is -0.480 e. The standard InChI is InChI=1S/C9H13BrN2O2S/c1-5(2)3-7(9(13)14)12-8-6(10)4-11-15-8/h4-5,7,12H,3H2,1-2H3,(H,13,14)/t7-/m0/s1. The summed E-state index contributed by atoms with van der Waals surface area (Å²) in [6.07, 6.45) is 2.25. The van der Waals surface area contributed by atoms with Crippen molar-refractivity contribution in [1.29, 1.82) is 0 Å². The van der Waals surface area contributed by atoms with Crippen LogP contribution in [0.4, 0.5) is 5.00 Å². The number of nitrogens with zero attached hydrogens (tertiary/aromatic N) is 1. The van der Waals surface area contributed by atoms with Crippen LogP contribution in [0.3, 0.4) is 0 Å². The minimum absolute atomic E-state index is 0.338. The van der Waals surface area contributed by atoms with E-state index in [9.17, 15) is 4.79 Å². The van der Waals surface area contributed by atoms with Crippen molar-refractivity contribution in [1.82, 2.24) is 4.37 Å². The Labute approximate surface area is 101 Å². The molecule has 1 rings (SSSR count). The van der Waals surface area contributed by atoms with E-state index in [2.05, 4.69) is 25.6 Å². The maximum Gasteiger partial charge on any atom is 0.326 e. The van der Waals surface area contributed by atoms with Gasteiger partial charge in [-0.25, -0.2) is 4.79 Å². The van der Waals surface area contributed by atoms with Crippen molar-refractivity contribution in [3.05, 3.63) is 10.7 Å². The SMILES string of the molecule is CC(C)C[C@H](Nc1sncc1Br)C(=O)O. The first kappa shape index (κ1) is 12.4. The van der Waals surface area contributed by atoms with Gasteiger partial charge in [0.25, 0.3) is 0 Å². The molecule has 0 unspecified atom stereocenters. The molecule has 0 aromatic carbocycles. The Bertz CT molecular complexity index is 341. The number of rotatable bonds is 5. The average Bonchev–Trinajstić information content (AvgIpc) is 2.50. The van der Waals surface area contributed by atoms with Gasteiger partial charge in [-0.2, -0.15) is 4.37 Å². The highest BCUT2D eigenvalue weighted by Gasteiger charge is 2.20. The molecule has 1 heterocycles. The van der Waals surface area contributed by atoms with Crippen LogP contribution in [0, 0.1) is 5.92 Å². The van der Waals surface area contributed by atoms with Crippen molar-refractivity contribution < 1.29 is 9.90 Å². The molecule has 0 amide bonds. The van der Waals surface area contributed by atoms with Gasteiger partial charge in [-0.05, 0) is 39.8 Å². The van der Waals surface area contributed by atoms with Crippen LogP contribution in [-0.2, 0) is 4.79 Å². The van der Waals surface area contributed by atoms with Crippen LogP contribution < -0.4 is 5.32 Å². The molecule has 2 N–H and O–H groups in total. The molecule has 0 spiro atoms. The fourth-order valence-corrected chi connectivity index (χ4v) is 2.34. The van der Waals surface area contributed by atoms with Gasteiger partial charge in [0.2, 0.25) is 0 Å². The molecule has 0 aliphatic heterocycles.